The molecule has 0 spiro atoms. The van der Waals surface area contributed by atoms with Crippen molar-refractivity contribution in [1.29, 1.82) is 0 Å². The van der Waals surface area contributed by atoms with Crippen molar-refractivity contribution < 1.29 is 9.90 Å². The standard InChI is InChI=1S/C27H21ClN4O3/c28-19-7-8-21(29)20(15-19)17-10-11-32(25(33)14-17)24(12-16-4-2-1-3-5-16)26-30-22-9-6-18(27(34)35)13-23(22)31-26/h1-11,13-15,24H,12,29H2,(H,30,31)(H,34,35). The van der Waals surface area contributed by atoms with Gasteiger partial charge in [-0.2, -0.15) is 0 Å². The van der Waals surface area contributed by atoms with Gasteiger partial charge >= 0.3 is 5.97 Å². The number of anilines is 1. The van der Waals surface area contributed by atoms with E-state index in [1.807, 2.05) is 36.4 Å². The quantitative estimate of drug-likeness (QED) is 0.288. The van der Waals surface area contributed by atoms with Crippen LogP contribution in [-0.2, 0) is 6.42 Å². The fourth-order valence-corrected chi connectivity index (χ4v) is 4.35. The highest BCUT2D eigenvalue weighted by Crippen LogP contribution is 2.29. The number of carbonyl (C=O) groups is 1. The number of nitrogens with zero attached hydrogens (tertiary/aromatic N) is 2. The van der Waals surface area contributed by atoms with E-state index in [9.17, 15) is 14.7 Å². The minimum absolute atomic E-state index is 0.149. The molecule has 35 heavy (non-hydrogen) atoms. The van der Waals surface area contributed by atoms with Gasteiger partial charge < -0.3 is 20.4 Å². The van der Waals surface area contributed by atoms with E-state index in [4.69, 9.17) is 17.3 Å². The number of imidazole rings is 1. The minimum atomic E-state index is -1.02. The number of nitrogens with two attached hydrogens (primary N) is 1. The van der Waals surface area contributed by atoms with Crippen molar-refractivity contribution in [3.05, 3.63) is 117 Å². The second kappa shape index (κ2) is 9.12. The number of nitrogen functional groups attached to an aromatic ring is 1. The minimum Gasteiger partial charge on any atom is -0.478 e. The number of carboxylic acids is 1. The molecule has 1 atom stereocenters. The van der Waals surface area contributed by atoms with Crippen LogP contribution < -0.4 is 11.3 Å². The number of fused-ring (bicyclic) bond motifs is 1. The molecule has 2 heterocycles. The summed E-state index contributed by atoms with van der Waals surface area (Å²) < 4.78 is 1.62. The van der Waals surface area contributed by atoms with Gasteiger partial charge in [0.1, 0.15) is 5.82 Å². The molecule has 0 aliphatic rings. The first kappa shape index (κ1) is 22.4. The Morgan fingerprint density at radius 2 is 1.86 bits per heavy atom. The van der Waals surface area contributed by atoms with E-state index in [1.54, 1.807) is 35.0 Å². The first-order valence-electron chi connectivity index (χ1n) is 10.9. The Hall–Kier alpha value is -4.36. The monoisotopic (exact) mass is 484 g/mol. The van der Waals surface area contributed by atoms with Crippen LogP contribution in [0.25, 0.3) is 22.2 Å². The van der Waals surface area contributed by atoms with Crippen LogP contribution in [0.3, 0.4) is 0 Å². The topological polar surface area (TPSA) is 114 Å². The summed E-state index contributed by atoms with van der Waals surface area (Å²) in [5.41, 5.74) is 10.2. The number of hydrogen-bond donors (Lipinski definition) is 3. The van der Waals surface area contributed by atoms with Crippen molar-refractivity contribution >= 4 is 34.3 Å². The van der Waals surface area contributed by atoms with Crippen LogP contribution in [0, 0.1) is 0 Å². The summed E-state index contributed by atoms with van der Waals surface area (Å²) in [4.78, 5) is 32.7. The van der Waals surface area contributed by atoms with Crippen molar-refractivity contribution in [2.75, 3.05) is 5.73 Å². The third-order valence-electron chi connectivity index (χ3n) is 5.95. The molecule has 0 saturated carbocycles. The molecule has 5 aromatic rings. The van der Waals surface area contributed by atoms with Crippen molar-refractivity contribution in [3.8, 4) is 11.1 Å². The van der Waals surface area contributed by atoms with Gasteiger partial charge in [-0.05, 0) is 53.6 Å². The number of aromatic carboxylic acids is 1. The van der Waals surface area contributed by atoms with Gasteiger partial charge in [-0.25, -0.2) is 9.78 Å². The molecule has 0 fully saturated rings. The number of H-pyrrole nitrogens is 1. The maximum Gasteiger partial charge on any atom is 0.335 e. The number of carboxylic acid groups (broad SMARTS) is 1. The summed E-state index contributed by atoms with van der Waals surface area (Å²) in [5, 5.41) is 9.86. The van der Waals surface area contributed by atoms with Gasteiger partial charge in [0.15, 0.2) is 0 Å². The highest BCUT2D eigenvalue weighted by atomic mass is 35.5. The molecule has 0 saturated heterocycles. The maximum absolute atomic E-state index is 13.3. The molecular weight excluding hydrogens is 464 g/mol. The SMILES string of the molecule is Nc1ccc(Cl)cc1-c1ccn(C(Cc2ccccc2)c2nc3cc(C(=O)O)ccc3[nH]2)c(=O)c1. The molecule has 0 radical (unpaired) electrons. The molecule has 2 aromatic heterocycles. The zero-order valence-electron chi connectivity index (χ0n) is 18.5. The Morgan fingerprint density at radius 3 is 2.60 bits per heavy atom. The number of pyridine rings is 1. The fourth-order valence-electron chi connectivity index (χ4n) is 4.17. The van der Waals surface area contributed by atoms with Crippen LogP contribution in [0.5, 0.6) is 0 Å². The number of benzene rings is 3. The molecule has 0 aliphatic carbocycles. The Morgan fingerprint density at radius 1 is 1.06 bits per heavy atom. The van der Waals surface area contributed by atoms with Crippen molar-refractivity contribution in [1.82, 2.24) is 14.5 Å². The normalized spacial score (nSPS) is 12.0. The predicted molar refractivity (Wildman–Crippen MR) is 137 cm³/mol. The summed E-state index contributed by atoms with van der Waals surface area (Å²) in [6.07, 6.45) is 2.23. The van der Waals surface area contributed by atoms with Crippen LogP contribution in [0.2, 0.25) is 5.02 Å². The van der Waals surface area contributed by atoms with Gasteiger partial charge in [-0.3, -0.25) is 4.79 Å². The molecule has 5 rings (SSSR count). The molecular formula is C27H21ClN4O3. The molecule has 0 bridgehead atoms. The lowest BCUT2D eigenvalue weighted by Crippen LogP contribution is -2.27. The van der Waals surface area contributed by atoms with Gasteiger partial charge in [-0.15, -0.1) is 0 Å². The van der Waals surface area contributed by atoms with Crippen LogP contribution in [0.4, 0.5) is 5.69 Å². The zero-order chi connectivity index (χ0) is 24.5. The average molecular weight is 485 g/mol. The molecule has 7 nitrogen and oxygen atoms in total. The summed E-state index contributed by atoms with van der Waals surface area (Å²) in [5.74, 6) is -0.465. The fraction of sp³-hybridized carbons (Fsp3) is 0.0741. The van der Waals surface area contributed by atoms with Gasteiger partial charge in [0, 0.05) is 35.0 Å². The second-order valence-corrected chi connectivity index (χ2v) is 8.69. The van der Waals surface area contributed by atoms with Crippen LogP contribution in [0.15, 0.2) is 89.9 Å². The van der Waals surface area contributed by atoms with E-state index in [2.05, 4.69) is 9.97 Å². The molecule has 8 heteroatoms. The Labute approximate surface area is 205 Å². The van der Waals surface area contributed by atoms with E-state index < -0.39 is 12.0 Å². The molecule has 0 aliphatic heterocycles. The van der Waals surface area contributed by atoms with Gasteiger partial charge in [0.2, 0.25) is 0 Å². The van der Waals surface area contributed by atoms with Crippen LogP contribution in [0.1, 0.15) is 27.8 Å². The highest BCUT2D eigenvalue weighted by Gasteiger charge is 2.21. The number of hydrogen-bond acceptors (Lipinski definition) is 4. The highest BCUT2D eigenvalue weighted by molar-refractivity contribution is 6.31. The molecule has 3 aromatic carbocycles. The lowest BCUT2D eigenvalue weighted by atomic mass is 10.0. The number of nitrogens with one attached hydrogen (secondary N) is 1. The summed E-state index contributed by atoms with van der Waals surface area (Å²) >= 11 is 6.14. The van der Waals surface area contributed by atoms with Gasteiger partial charge in [0.25, 0.3) is 5.56 Å². The summed E-state index contributed by atoms with van der Waals surface area (Å²) in [6, 6.07) is 22.6. The smallest absolute Gasteiger partial charge is 0.335 e. The second-order valence-electron chi connectivity index (χ2n) is 8.26. The summed E-state index contributed by atoms with van der Waals surface area (Å²) in [6.45, 7) is 0. The Kier molecular flexibility index (Phi) is 5.84. The van der Waals surface area contributed by atoms with Crippen molar-refractivity contribution in [2.24, 2.45) is 0 Å². The number of rotatable bonds is 6. The average Bonchev–Trinajstić information content (AvgIpc) is 3.28. The zero-order valence-corrected chi connectivity index (χ0v) is 19.2. The molecule has 174 valence electrons. The van der Waals surface area contributed by atoms with E-state index in [0.29, 0.717) is 45.1 Å². The van der Waals surface area contributed by atoms with E-state index in [0.717, 1.165) is 5.56 Å². The maximum atomic E-state index is 13.3. The van der Waals surface area contributed by atoms with Crippen molar-refractivity contribution in [3.63, 3.8) is 0 Å². The van der Waals surface area contributed by atoms with E-state index in [1.165, 1.54) is 18.2 Å². The van der Waals surface area contributed by atoms with E-state index >= 15 is 0 Å². The third-order valence-corrected chi connectivity index (χ3v) is 6.18. The van der Waals surface area contributed by atoms with Crippen LogP contribution >= 0.6 is 11.6 Å². The molecule has 1 unspecified atom stereocenters. The van der Waals surface area contributed by atoms with Gasteiger partial charge in [-0.1, -0.05) is 41.9 Å². The lowest BCUT2D eigenvalue weighted by molar-refractivity contribution is 0.0697. The summed E-state index contributed by atoms with van der Waals surface area (Å²) in [7, 11) is 0. The predicted octanol–water partition coefficient (Wildman–Crippen LogP) is 5.16. The first-order chi connectivity index (χ1) is 16.9. The number of aromatic nitrogens is 3. The Balaban J connectivity index is 1.61. The Bertz CT molecular complexity index is 1610. The number of aromatic amines is 1. The largest absolute Gasteiger partial charge is 0.478 e. The van der Waals surface area contributed by atoms with Crippen molar-refractivity contribution in [2.45, 2.75) is 12.5 Å². The van der Waals surface area contributed by atoms with E-state index in [-0.39, 0.29) is 11.1 Å². The molecule has 0 amide bonds. The first-order valence-corrected chi connectivity index (χ1v) is 11.3. The molecule has 4 N–H and O–H groups in total. The third kappa shape index (κ3) is 4.54. The van der Waals surface area contributed by atoms with Crippen LogP contribution in [-0.4, -0.2) is 25.6 Å². The number of halogens is 1. The lowest BCUT2D eigenvalue weighted by Gasteiger charge is -2.19. The van der Waals surface area contributed by atoms with Gasteiger partial charge in [0.05, 0.1) is 22.6 Å².